The molecule has 3 amide bonds. The topological polar surface area (TPSA) is 69.7 Å². The van der Waals surface area contributed by atoms with E-state index in [1.165, 1.54) is 4.90 Å². The summed E-state index contributed by atoms with van der Waals surface area (Å²) in [6.45, 7) is 5.65. The fourth-order valence-corrected chi connectivity index (χ4v) is 3.84. The minimum absolute atomic E-state index is 0. The number of imide groups is 1. The van der Waals surface area contributed by atoms with Gasteiger partial charge in [-0.2, -0.15) is 0 Å². The van der Waals surface area contributed by atoms with Gasteiger partial charge in [-0.1, -0.05) is 30.3 Å². The van der Waals surface area contributed by atoms with Crippen LogP contribution in [0.1, 0.15) is 50.5 Å². The highest BCUT2D eigenvalue weighted by Gasteiger charge is 2.37. The van der Waals surface area contributed by atoms with E-state index in [1.807, 2.05) is 42.2 Å². The Bertz CT molecular complexity index is 948. The predicted molar refractivity (Wildman–Crippen MR) is 112 cm³/mol. The molecule has 29 heavy (non-hydrogen) atoms. The number of halogens is 1. The SMILES string of the molecule is CC1NCCN(C(=O)c2ccc3c(c2)C(=O)N(Cc2ccccc2)C3=O)C1C.Cl. The summed E-state index contributed by atoms with van der Waals surface area (Å²) in [4.78, 5) is 41.6. The quantitative estimate of drug-likeness (QED) is 0.785. The summed E-state index contributed by atoms with van der Waals surface area (Å²) in [5.41, 5.74) is 2.00. The Morgan fingerprint density at radius 3 is 2.45 bits per heavy atom. The minimum Gasteiger partial charge on any atom is -0.333 e. The second kappa shape index (κ2) is 8.35. The highest BCUT2D eigenvalue weighted by Crippen LogP contribution is 2.26. The number of carbonyl (C=O) groups is 3. The molecule has 4 rings (SSSR count). The highest BCUT2D eigenvalue weighted by molar-refractivity contribution is 6.22. The van der Waals surface area contributed by atoms with Crippen molar-refractivity contribution in [3.63, 3.8) is 0 Å². The van der Waals surface area contributed by atoms with Gasteiger partial charge in [-0.3, -0.25) is 19.3 Å². The van der Waals surface area contributed by atoms with Crippen molar-refractivity contribution in [3.05, 3.63) is 70.8 Å². The normalized spacial score (nSPS) is 21.0. The average molecular weight is 414 g/mol. The molecule has 2 heterocycles. The van der Waals surface area contributed by atoms with E-state index in [2.05, 4.69) is 12.2 Å². The van der Waals surface area contributed by atoms with Crippen molar-refractivity contribution >= 4 is 30.1 Å². The van der Waals surface area contributed by atoms with Gasteiger partial charge >= 0.3 is 0 Å². The Morgan fingerprint density at radius 2 is 1.72 bits per heavy atom. The van der Waals surface area contributed by atoms with Crippen molar-refractivity contribution in [1.29, 1.82) is 0 Å². The highest BCUT2D eigenvalue weighted by atomic mass is 35.5. The smallest absolute Gasteiger partial charge is 0.261 e. The summed E-state index contributed by atoms with van der Waals surface area (Å²) in [5.74, 6) is -0.766. The van der Waals surface area contributed by atoms with Crippen LogP contribution in [0.15, 0.2) is 48.5 Å². The monoisotopic (exact) mass is 413 g/mol. The Balaban J connectivity index is 0.00000240. The van der Waals surface area contributed by atoms with Crippen LogP contribution in [0.3, 0.4) is 0 Å². The van der Waals surface area contributed by atoms with Crippen LogP contribution in [0.5, 0.6) is 0 Å². The number of hydrogen-bond acceptors (Lipinski definition) is 4. The molecule has 0 aliphatic carbocycles. The molecule has 0 spiro atoms. The number of carbonyl (C=O) groups excluding carboxylic acids is 3. The molecule has 0 saturated carbocycles. The van der Waals surface area contributed by atoms with E-state index in [0.29, 0.717) is 23.2 Å². The largest absolute Gasteiger partial charge is 0.333 e. The number of nitrogens with one attached hydrogen (secondary N) is 1. The zero-order chi connectivity index (χ0) is 19.8. The Hall–Kier alpha value is -2.70. The molecule has 1 fully saturated rings. The Labute approximate surface area is 176 Å². The second-order valence-corrected chi connectivity index (χ2v) is 7.42. The summed E-state index contributed by atoms with van der Waals surface area (Å²) in [6.07, 6.45) is 0. The maximum atomic E-state index is 13.0. The number of nitrogens with zero attached hydrogens (tertiary/aromatic N) is 2. The van der Waals surface area contributed by atoms with Crippen LogP contribution < -0.4 is 5.32 Å². The van der Waals surface area contributed by atoms with Gasteiger partial charge in [0.25, 0.3) is 17.7 Å². The Kier molecular flexibility index (Phi) is 6.05. The van der Waals surface area contributed by atoms with Crippen LogP contribution in [-0.4, -0.2) is 52.7 Å². The zero-order valence-electron chi connectivity index (χ0n) is 16.4. The van der Waals surface area contributed by atoms with E-state index in [4.69, 9.17) is 0 Å². The molecule has 2 aromatic rings. The molecule has 6 nitrogen and oxygen atoms in total. The van der Waals surface area contributed by atoms with E-state index in [1.54, 1.807) is 18.2 Å². The van der Waals surface area contributed by atoms with E-state index in [0.717, 1.165) is 12.1 Å². The Morgan fingerprint density at radius 1 is 1.03 bits per heavy atom. The van der Waals surface area contributed by atoms with Gasteiger partial charge in [-0.05, 0) is 37.6 Å². The lowest BCUT2D eigenvalue weighted by molar-refractivity contribution is 0.0602. The maximum Gasteiger partial charge on any atom is 0.261 e. The number of fused-ring (bicyclic) bond motifs is 1. The van der Waals surface area contributed by atoms with Gasteiger partial charge in [-0.15, -0.1) is 12.4 Å². The van der Waals surface area contributed by atoms with Gasteiger partial charge in [0.05, 0.1) is 17.7 Å². The van der Waals surface area contributed by atoms with Crippen LogP contribution >= 0.6 is 12.4 Å². The summed E-state index contributed by atoms with van der Waals surface area (Å²) < 4.78 is 0. The molecule has 2 unspecified atom stereocenters. The molecule has 2 aliphatic heterocycles. The van der Waals surface area contributed by atoms with Crippen molar-refractivity contribution in [1.82, 2.24) is 15.1 Å². The molecule has 152 valence electrons. The first-order chi connectivity index (χ1) is 13.5. The van der Waals surface area contributed by atoms with Crippen molar-refractivity contribution in [2.45, 2.75) is 32.5 Å². The lowest BCUT2D eigenvalue weighted by Gasteiger charge is -2.38. The molecule has 1 saturated heterocycles. The molecule has 2 aromatic carbocycles. The predicted octanol–water partition coefficient (Wildman–Crippen LogP) is 2.73. The first-order valence-corrected chi connectivity index (χ1v) is 9.56. The minimum atomic E-state index is -0.347. The number of amides is 3. The third kappa shape index (κ3) is 3.78. The number of piperazine rings is 1. The third-order valence-electron chi connectivity index (χ3n) is 5.70. The summed E-state index contributed by atoms with van der Waals surface area (Å²) in [6, 6.07) is 14.5. The molecule has 0 radical (unpaired) electrons. The second-order valence-electron chi connectivity index (χ2n) is 7.42. The van der Waals surface area contributed by atoms with Crippen LogP contribution in [-0.2, 0) is 6.54 Å². The molecular formula is C22H24ClN3O3. The first kappa shape index (κ1) is 21.0. The fraction of sp³-hybridized carbons (Fsp3) is 0.318. The van der Waals surface area contributed by atoms with Crippen LogP contribution in [0.25, 0.3) is 0 Å². The summed E-state index contributed by atoms with van der Waals surface area (Å²) in [7, 11) is 0. The molecule has 2 atom stereocenters. The van der Waals surface area contributed by atoms with Crippen LogP contribution in [0, 0.1) is 0 Å². The van der Waals surface area contributed by atoms with Crippen molar-refractivity contribution < 1.29 is 14.4 Å². The lowest BCUT2D eigenvalue weighted by atomic mass is 10.0. The molecule has 0 bridgehead atoms. The summed E-state index contributed by atoms with van der Waals surface area (Å²) >= 11 is 0. The zero-order valence-corrected chi connectivity index (χ0v) is 17.2. The van der Waals surface area contributed by atoms with Gasteiger partial charge in [0.15, 0.2) is 0 Å². The number of benzene rings is 2. The van der Waals surface area contributed by atoms with E-state index in [-0.39, 0.29) is 48.8 Å². The van der Waals surface area contributed by atoms with Crippen molar-refractivity contribution in [2.24, 2.45) is 0 Å². The lowest BCUT2D eigenvalue weighted by Crippen LogP contribution is -2.57. The van der Waals surface area contributed by atoms with E-state index >= 15 is 0 Å². The summed E-state index contributed by atoms with van der Waals surface area (Å²) in [5, 5.41) is 3.35. The van der Waals surface area contributed by atoms with Gasteiger partial charge < -0.3 is 10.2 Å². The van der Waals surface area contributed by atoms with Gasteiger partial charge in [0.1, 0.15) is 0 Å². The molecule has 1 N–H and O–H groups in total. The molecule has 0 aromatic heterocycles. The van der Waals surface area contributed by atoms with Gasteiger partial charge in [0, 0.05) is 30.7 Å². The van der Waals surface area contributed by atoms with E-state index in [9.17, 15) is 14.4 Å². The van der Waals surface area contributed by atoms with Crippen molar-refractivity contribution in [3.8, 4) is 0 Å². The van der Waals surface area contributed by atoms with Crippen molar-refractivity contribution in [2.75, 3.05) is 13.1 Å². The van der Waals surface area contributed by atoms with Crippen LogP contribution in [0.2, 0.25) is 0 Å². The third-order valence-corrected chi connectivity index (χ3v) is 5.70. The van der Waals surface area contributed by atoms with Crippen LogP contribution in [0.4, 0.5) is 0 Å². The standard InChI is InChI=1S/C22H23N3O3.ClH/c1-14-15(2)24(11-10-23-14)20(26)17-8-9-18-19(12-17)22(28)25(21(18)27)13-16-6-4-3-5-7-16;/h3-9,12,14-15,23H,10-11,13H2,1-2H3;1H. The van der Waals surface area contributed by atoms with Gasteiger partial charge in [-0.25, -0.2) is 0 Å². The maximum absolute atomic E-state index is 13.0. The fourth-order valence-electron chi connectivity index (χ4n) is 3.84. The average Bonchev–Trinajstić information content (AvgIpc) is 2.95. The molecular weight excluding hydrogens is 390 g/mol. The van der Waals surface area contributed by atoms with E-state index < -0.39 is 0 Å². The molecule has 2 aliphatic rings. The first-order valence-electron chi connectivity index (χ1n) is 9.56. The number of rotatable bonds is 3. The van der Waals surface area contributed by atoms with Gasteiger partial charge in [0.2, 0.25) is 0 Å². The molecule has 7 heteroatoms. The number of hydrogen-bond donors (Lipinski definition) is 1.